The van der Waals surface area contributed by atoms with Crippen LogP contribution in [0.4, 0.5) is 4.39 Å². The number of carbonyl (C=O) groups is 2. The normalized spacial score (nSPS) is 16.4. The summed E-state index contributed by atoms with van der Waals surface area (Å²) in [5.74, 6) is -0.591. The van der Waals surface area contributed by atoms with Crippen molar-refractivity contribution in [1.29, 1.82) is 0 Å². The molecule has 1 atom stereocenters. The van der Waals surface area contributed by atoms with E-state index in [0.717, 1.165) is 23.6 Å². The number of carbonyl (C=O) groups excluding carboxylic acids is 2. The van der Waals surface area contributed by atoms with E-state index in [1.165, 1.54) is 6.07 Å². The SMILES string of the molecule is O=C(NCCc1ccccc1F)[C@H]1CCCN(C(=O)c2cccc3ccccc23)C1. The van der Waals surface area contributed by atoms with Gasteiger partial charge in [0, 0.05) is 25.2 Å². The monoisotopic (exact) mass is 404 g/mol. The molecule has 3 aromatic carbocycles. The predicted molar refractivity (Wildman–Crippen MR) is 116 cm³/mol. The molecule has 0 spiro atoms. The van der Waals surface area contributed by atoms with Gasteiger partial charge in [-0.25, -0.2) is 4.39 Å². The minimum atomic E-state index is -0.253. The van der Waals surface area contributed by atoms with E-state index in [1.807, 2.05) is 42.5 Å². The lowest BCUT2D eigenvalue weighted by atomic mass is 9.95. The van der Waals surface area contributed by atoms with Gasteiger partial charge in [-0.3, -0.25) is 9.59 Å². The molecule has 1 saturated heterocycles. The smallest absolute Gasteiger partial charge is 0.254 e. The van der Waals surface area contributed by atoms with Crippen LogP contribution in [0.5, 0.6) is 0 Å². The van der Waals surface area contributed by atoms with Gasteiger partial charge in [0.05, 0.1) is 5.92 Å². The summed E-state index contributed by atoms with van der Waals surface area (Å²) in [5, 5.41) is 4.88. The highest BCUT2D eigenvalue weighted by Gasteiger charge is 2.29. The highest BCUT2D eigenvalue weighted by atomic mass is 19.1. The van der Waals surface area contributed by atoms with Crippen LogP contribution in [0.15, 0.2) is 66.7 Å². The van der Waals surface area contributed by atoms with Crippen molar-refractivity contribution < 1.29 is 14.0 Å². The number of fused-ring (bicyclic) bond motifs is 1. The maximum atomic E-state index is 13.7. The van der Waals surface area contributed by atoms with Crippen molar-refractivity contribution in [3.63, 3.8) is 0 Å². The van der Waals surface area contributed by atoms with E-state index < -0.39 is 0 Å². The van der Waals surface area contributed by atoms with Crippen molar-refractivity contribution in [1.82, 2.24) is 10.2 Å². The fraction of sp³-hybridized carbons (Fsp3) is 0.280. The lowest BCUT2D eigenvalue weighted by Gasteiger charge is -2.32. The van der Waals surface area contributed by atoms with E-state index in [1.54, 1.807) is 23.1 Å². The summed E-state index contributed by atoms with van der Waals surface area (Å²) in [5.41, 5.74) is 1.27. The van der Waals surface area contributed by atoms with Crippen LogP contribution in [-0.4, -0.2) is 36.3 Å². The molecule has 0 bridgehead atoms. The Morgan fingerprint density at radius 3 is 2.63 bits per heavy atom. The molecule has 0 aromatic heterocycles. The van der Waals surface area contributed by atoms with E-state index in [9.17, 15) is 14.0 Å². The van der Waals surface area contributed by atoms with Crippen molar-refractivity contribution >= 4 is 22.6 Å². The largest absolute Gasteiger partial charge is 0.355 e. The number of rotatable bonds is 5. The second-order valence-corrected chi connectivity index (χ2v) is 7.75. The topological polar surface area (TPSA) is 49.4 Å². The number of halogens is 1. The van der Waals surface area contributed by atoms with Gasteiger partial charge in [0.25, 0.3) is 5.91 Å². The Balaban J connectivity index is 1.38. The Hall–Kier alpha value is -3.21. The molecule has 1 heterocycles. The maximum Gasteiger partial charge on any atom is 0.254 e. The van der Waals surface area contributed by atoms with E-state index in [4.69, 9.17) is 0 Å². The molecule has 0 aliphatic carbocycles. The molecule has 4 rings (SSSR count). The number of hydrogen-bond acceptors (Lipinski definition) is 2. The van der Waals surface area contributed by atoms with E-state index in [2.05, 4.69) is 5.32 Å². The molecule has 1 fully saturated rings. The van der Waals surface area contributed by atoms with Gasteiger partial charge < -0.3 is 10.2 Å². The van der Waals surface area contributed by atoms with Crippen LogP contribution in [0.3, 0.4) is 0 Å². The molecule has 2 amide bonds. The van der Waals surface area contributed by atoms with Crippen LogP contribution in [0.25, 0.3) is 10.8 Å². The molecular weight excluding hydrogens is 379 g/mol. The number of hydrogen-bond donors (Lipinski definition) is 1. The molecular formula is C25H25FN2O2. The lowest BCUT2D eigenvalue weighted by Crippen LogP contribution is -2.45. The molecule has 4 nitrogen and oxygen atoms in total. The lowest BCUT2D eigenvalue weighted by molar-refractivity contribution is -0.126. The van der Waals surface area contributed by atoms with Gasteiger partial charge >= 0.3 is 0 Å². The first-order valence-corrected chi connectivity index (χ1v) is 10.4. The summed E-state index contributed by atoms with van der Waals surface area (Å²) in [7, 11) is 0. The molecule has 1 aliphatic heterocycles. The van der Waals surface area contributed by atoms with Crippen LogP contribution in [0.1, 0.15) is 28.8 Å². The van der Waals surface area contributed by atoms with Crippen LogP contribution in [0.2, 0.25) is 0 Å². The fourth-order valence-electron chi connectivity index (χ4n) is 4.12. The third-order valence-corrected chi connectivity index (χ3v) is 5.75. The zero-order chi connectivity index (χ0) is 20.9. The zero-order valence-electron chi connectivity index (χ0n) is 16.8. The summed E-state index contributed by atoms with van der Waals surface area (Å²) in [6.07, 6.45) is 2.00. The van der Waals surface area contributed by atoms with Crippen LogP contribution >= 0.6 is 0 Å². The predicted octanol–water partition coefficient (Wildman–Crippen LogP) is 4.19. The van der Waals surface area contributed by atoms with Crippen LogP contribution in [0, 0.1) is 11.7 Å². The Labute approximate surface area is 175 Å². The number of nitrogens with one attached hydrogen (secondary N) is 1. The first-order chi connectivity index (χ1) is 14.6. The third-order valence-electron chi connectivity index (χ3n) is 5.75. The van der Waals surface area contributed by atoms with E-state index in [-0.39, 0.29) is 23.5 Å². The van der Waals surface area contributed by atoms with Crippen LogP contribution < -0.4 is 5.32 Å². The van der Waals surface area contributed by atoms with Gasteiger partial charge in [0.15, 0.2) is 0 Å². The Kier molecular flexibility index (Phi) is 6.07. The summed E-state index contributed by atoms with van der Waals surface area (Å²) < 4.78 is 13.7. The van der Waals surface area contributed by atoms with Gasteiger partial charge in [-0.1, -0.05) is 54.6 Å². The number of piperidine rings is 1. The number of likely N-dealkylation sites (tertiary alicyclic amines) is 1. The third kappa shape index (κ3) is 4.35. The van der Waals surface area contributed by atoms with Crippen molar-refractivity contribution in [3.05, 3.63) is 83.7 Å². The summed E-state index contributed by atoms with van der Waals surface area (Å²) in [6, 6.07) is 20.2. The summed E-state index contributed by atoms with van der Waals surface area (Å²) >= 11 is 0. The summed E-state index contributed by atoms with van der Waals surface area (Å²) in [4.78, 5) is 27.6. The number of nitrogens with zero attached hydrogens (tertiary/aromatic N) is 1. The second-order valence-electron chi connectivity index (χ2n) is 7.75. The molecule has 5 heteroatoms. The molecule has 1 N–H and O–H groups in total. The standard InChI is InChI=1S/C25H25FN2O2/c26-23-13-4-2-8-19(23)14-15-27-24(29)20-10-6-16-28(17-20)25(30)22-12-5-9-18-7-1-3-11-21(18)22/h1-5,7-9,11-13,20H,6,10,14-17H2,(H,27,29)/t20-/m0/s1. The Morgan fingerprint density at radius 1 is 1.00 bits per heavy atom. The average molecular weight is 404 g/mol. The maximum absolute atomic E-state index is 13.7. The minimum Gasteiger partial charge on any atom is -0.355 e. The quantitative estimate of drug-likeness (QED) is 0.693. The molecule has 0 unspecified atom stereocenters. The highest BCUT2D eigenvalue weighted by Crippen LogP contribution is 2.23. The molecule has 0 radical (unpaired) electrons. The highest BCUT2D eigenvalue weighted by molar-refractivity contribution is 6.07. The number of amides is 2. The van der Waals surface area contributed by atoms with Gasteiger partial charge in [-0.15, -0.1) is 0 Å². The van der Waals surface area contributed by atoms with Crippen molar-refractivity contribution in [2.75, 3.05) is 19.6 Å². The number of benzene rings is 3. The van der Waals surface area contributed by atoms with E-state index in [0.29, 0.717) is 37.2 Å². The van der Waals surface area contributed by atoms with Gasteiger partial charge in [-0.2, -0.15) is 0 Å². The van der Waals surface area contributed by atoms with E-state index >= 15 is 0 Å². The molecule has 30 heavy (non-hydrogen) atoms. The van der Waals surface area contributed by atoms with Crippen LogP contribution in [-0.2, 0) is 11.2 Å². The Morgan fingerprint density at radius 2 is 1.77 bits per heavy atom. The van der Waals surface area contributed by atoms with Gasteiger partial charge in [0.2, 0.25) is 5.91 Å². The molecule has 154 valence electrons. The van der Waals surface area contributed by atoms with Crippen molar-refractivity contribution in [2.24, 2.45) is 5.92 Å². The van der Waals surface area contributed by atoms with Crippen molar-refractivity contribution in [3.8, 4) is 0 Å². The second kappa shape index (κ2) is 9.08. The first kappa shape index (κ1) is 20.1. The summed E-state index contributed by atoms with van der Waals surface area (Å²) in [6.45, 7) is 1.45. The molecule has 0 saturated carbocycles. The fourth-order valence-corrected chi connectivity index (χ4v) is 4.12. The van der Waals surface area contributed by atoms with Gasteiger partial charge in [-0.05, 0) is 47.7 Å². The minimum absolute atomic E-state index is 0.0318. The molecule has 3 aromatic rings. The molecule has 1 aliphatic rings. The average Bonchev–Trinajstić information content (AvgIpc) is 2.79. The Bertz CT molecular complexity index is 1060. The van der Waals surface area contributed by atoms with Gasteiger partial charge in [0.1, 0.15) is 5.82 Å². The van der Waals surface area contributed by atoms with Crippen molar-refractivity contribution in [2.45, 2.75) is 19.3 Å². The first-order valence-electron chi connectivity index (χ1n) is 10.4. The zero-order valence-corrected chi connectivity index (χ0v) is 16.8.